The first-order valence-electron chi connectivity index (χ1n) is 11.6. The maximum Gasteiger partial charge on any atom is 0.251 e. The molecule has 0 atom stereocenters. The highest BCUT2D eigenvalue weighted by Gasteiger charge is 2.16. The average molecular weight is 429 g/mol. The van der Waals surface area contributed by atoms with E-state index >= 15 is 0 Å². The van der Waals surface area contributed by atoms with E-state index in [1.807, 2.05) is 37.3 Å². The molecule has 4 nitrogen and oxygen atoms in total. The fraction of sp³-hybridized carbons (Fsp3) is 0.321. The summed E-state index contributed by atoms with van der Waals surface area (Å²) in [6, 6.07) is 24.8. The van der Waals surface area contributed by atoms with Crippen molar-refractivity contribution in [3.05, 3.63) is 101 Å². The number of ether oxygens (including phenoxy) is 1. The molecule has 1 heterocycles. The number of hydrogen-bond donors (Lipinski definition) is 1. The van der Waals surface area contributed by atoms with E-state index in [0.717, 1.165) is 44.6 Å². The predicted molar refractivity (Wildman–Crippen MR) is 129 cm³/mol. The van der Waals surface area contributed by atoms with Gasteiger partial charge in [-0.15, -0.1) is 0 Å². The van der Waals surface area contributed by atoms with Crippen LogP contribution in [0.25, 0.3) is 0 Å². The lowest BCUT2D eigenvalue weighted by Gasteiger charge is -2.28. The number of aryl methyl sites for hydroxylation is 1. The van der Waals surface area contributed by atoms with E-state index in [1.165, 1.54) is 22.3 Å². The van der Waals surface area contributed by atoms with Gasteiger partial charge in [0.1, 0.15) is 5.75 Å². The number of fused-ring (bicyclic) bond motifs is 1. The van der Waals surface area contributed by atoms with Crippen molar-refractivity contribution in [1.29, 1.82) is 0 Å². The number of carbonyl (C=O) groups is 1. The van der Waals surface area contributed by atoms with Crippen molar-refractivity contribution in [2.24, 2.45) is 0 Å². The Morgan fingerprint density at radius 1 is 0.969 bits per heavy atom. The van der Waals surface area contributed by atoms with Crippen LogP contribution in [0.1, 0.15) is 46.0 Å². The van der Waals surface area contributed by atoms with E-state index < -0.39 is 0 Å². The van der Waals surface area contributed by atoms with Gasteiger partial charge in [0, 0.05) is 31.7 Å². The van der Waals surface area contributed by atoms with Gasteiger partial charge in [-0.05, 0) is 66.6 Å². The monoisotopic (exact) mass is 428 g/mol. The van der Waals surface area contributed by atoms with Crippen molar-refractivity contribution in [2.45, 2.75) is 39.3 Å². The minimum atomic E-state index is -0.0125. The molecule has 0 aromatic heterocycles. The average Bonchev–Trinajstić information content (AvgIpc) is 2.83. The molecule has 0 saturated heterocycles. The highest BCUT2D eigenvalue weighted by molar-refractivity contribution is 5.94. The van der Waals surface area contributed by atoms with Crippen LogP contribution in [0.5, 0.6) is 5.75 Å². The van der Waals surface area contributed by atoms with Crippen LogP contribution in [0.15, 0.2) is 72.8 Å². The van der Waals surface area contributed by atoms with Crippen LogP contribution in [0, 0.1) is 0 Å². The van der Waals surface area contributed by atoms with Crippen molar-refractivity contribution < 1.29 is 9.53 Å². The summed E-state index contributed by atoms with van der Waals surface area (Å²) in [7, 11) is 0. The van der Waals surface area contributed by atoms with Crippen molar-refractivity contribution >= 4 is 5.91 Å². The molecule has 3 aromatic carbocycles. The third kappa shape index (κ3) is 5.77. The Morgan fingerprint density at radius 2 is 1.72 bits per heavy atom. The lowest BCUT2D eigenvalue weighted by molar-refractivity contribution is 0.0953. The molecule has 1 amide bonds. The summed E-state index contributed by atoms with van der Waals surface area (Å²) in [6.45, 7) is 6.28. The molecule has 0 radical (unpaired) electrons. The quantitative estimate of drug-likeness (QED) is 0.487. The maximum atomic E-state index is 12.5. The van der Waals surface area contributed by atoms with Crippen LogP contribution in [0.2, 0.25) is 0 Å². The van der Waals surface area contributed by atoms with E-state index in [0.29, 0.717) is 18.7 Å². The number of nitrogens with one attached hydrogen (secondary N) is 1. The molecule has 166 valence electrons. The fourth-order valence-corrected chi connectivity index (χ4v) is 4.30. The Labute approximate surface area is 191 Å². The first kappa shape index (κ1) is 22.1. The maximum absolute atomic E-state index is 12.5. The van der Waals surface area contributed by atoms with E-state index in [-0.39, 0.29) is 5.91 Å². The van der Waals surface area contributed by atoms with Gasteiger partial charge in [-0.2, -0.15) is 0 Å². The van der Waals surface area contributed by atoms with Gasteiger partial charge >= 0.3 is 0 Å². The summed E-state index contributed by atoms with van der Waals surface area (Å²) in [5.74, 6) is 0.927. The third-order valence-electron chi connectivity index (χ3n) is 6.01. The molecule has 4 heteroatoms. The van der Waals surface area contributed by atoms with Gasteiger partial charge in [-0.3, -0.25) is 9.69 Å². The zero-order valence-electron chi connectivity index (χ0n) is 18.8. The van der Waals surface area contributed by atoms with Crippen molar-refractivity contribution in [2.75, 3.05) is 19.7 Å². The topological polar surface area (TPSA) is 41.6 Å². The first-order valence-corrected chi connectivity index (χ1v) is 11.6. The van der Waals surface area contributed by atoms with Crippen molar-refractivity contribution in [3.63, 3.8) is 0 Å². The molecule has 1 aliphatic heterocycles. The van der Waals surface area contributed by atoms with Crippen LogP contribution < -0.4 is 10.1 Å². The van der Waals surface area contributed by atoms with Crippen LogP contribution >= 0.6 is 0 Å². The van der Waals surface area contributed by atoms with E-state index in [1.54, 1.807) is 0 Å². The van der Waals surface area contributed by atoms with Gasteiger partial charge in [0.05, 0.1) is 6.61 Å². The second kappa shape index (κ2) is 11.0. The van der Waals surface area contributed by atoms with Gasteiger partial charge in [-0.25, -0.2) is 0 Å². The molecule has 0 aliphatic carbocycles. The summed E-state index contributed by atoms with van der Waals surface area (Å²) in [4.78, 5) is 15.0. The van der Waals surface area contributed by atoms with Gasteiger partial charge in [-0.1, -0.05) is 54.6 Å². The molecule has 32 heavy (non-hydrogen) atoms. The van der Waals surface area contributed by atoms with Gasteiger partial charge < -0.3 is 10.1 Å². The summed E-state index contributed by atoms with van der Waals surface area (Å²) < 4.78 is 5.68. The molecule has 3 aromatic rings. The van der Waals surface area contributed by atoms with Gasteiger partial charge in [0.15, 0.2) is 0 Å². The molecule has 1 N–H and O–H groups in total. The van der Waals surface area contributed by atoms with E-state index in [4.69, 9.17) is 4.74 Å². The highest BCUT2D eigenvalue weighted by Crippen LogP contribution is 2.21. The Bertz CT molecular complexity index is 1030. The number of para-hydroxylation sites is 1. The minimum absolute atomic E-state index is 0.0125. The Hall–Kier alpha value is -3.11. The molecule has 0 spiro atoms. The highest BCUT2D eigenvalue weighted by atomic mass is 16.5. The summed E-state index contributed by atoms with van der Waals surface area (Å²) in [5, 5.41) is 3.04. The third-order valence-corrected chi connectivity index (χ3v) is 6.01. The zero-order valence-corrected chi connectivity index (χ0v) is 18.8. The smallest absolute Gasteiger partial charge is 0.251 e. The van der Waals surface area contributed by atoms with Crippen molar-refractivity contribution in [3.8, 4) is 5.75 Å². The second-order valence-corrected chi connectivity index (χ2v) is 8.33. The molecule has 4 rings (SSSR count). The lowest BCUT2D eigenvalue weighted by Crippen LogP contribution is -2.30. The number of rotatable bonds is 9. The zero-order chi connectivity index (χ0) is 22.2. The van der Waals surface area contributed by atoms with Gasteiger partial charge in [0.25, 0.3) is 5.91 Å². The Balaban J connectivity index is 1.23. The standard InChI is InChI=1S/C28H32N2O2/c1-2-32-27-12-6-5-9-24(27)11-7-18-29-28(31)25-15-13-22(14-16-25)20-30-19-17-23-8-3-4-10-26(23)21-30/h3-6,8-10,12-16H,2,7,11,17-21H2,1H3,(H,29,31). The molecular formula is C28H32N2O2. The Morgan fingerprint density at radius 3 is 2.53 bits per heavy atom. The molecule has 0 saturated carbocycles. The van der Waals surface area contributed by atoms with Crippen LogP contribution in [-0.2, 0) is 25.9 Å². The van der Waals surface area contributed by atoms with Crippen LogP contribution in [0.3, 0.4) is 0 Å². The first-order chi connectivity index (χ1) is 15.7. The number of nitrogens with zero attached hydrogens (tertiary/aromatic N) is 1. The number of amides is 1. The van der Waals surface area contributed by atoms with Gasteiger partial charge in [0.2, 0.25) is 0 Å². The number of benzene rings is 3. The molecule has 1 aliphatic rings. The summed E-state index contributed by atoms with van der Waals surface area (Å²) in [6.07, 6.45) is 2.87. The lowest BCUT2D eigenvalue weighted by atomic mass is 9.99. The minimum Gasteiger partial charge on any atom is -0.494 e. The molecule has 0 bridgehead atoms. The summed E-state index contributed by atoms with van der Waals surface area (Å²) in [5.41, 5.74) is 6.05. The largest absolute Gasteiger partial charge is 0.494 e. The number of carbonyl (C=O) groups excluding carboxylic acids is 1. The molecular weight excluding hydrogens is 396 g/mol. The van der Waals surface area contributed by atoms with E-state index in [2.05, 4.69) is 52.7 Å². The van der Waals surface area contributed by atoms with Crippen molar-refractivity contribution in [1.82, 2.24) is 10.2 Å². The Kier molecular flexibility index (Phi) is 7.57. The second-order valence-electron chi connectivity index (χ2n) is 8.33. The molecule has 0 fully saturated rings. The van der Waals surface area contributed by atoms with E-state index in [9.17, 15) is 4.79 Å². The SMILES string of the molecule is CCOc1ccccc1CCCNC(=O)c1ccc(CN2CCc3ccccc3C2)cc1. The summed E-state index contributed by atoms with van der Waals surface area (Å²) >= 11 is 0. The normalized spacial score (nSPS) is 13.4. The van der Waals surface area contributed by atoms with Crippen LogP contribution in [0.4, 0.5) is 0 Å². The fourth-order valence-electron chi connectivity index (χ4n) is 4.30. The number of hydrogen-bond acceptors (Lipinski definition) is 3. The molecule has 0 unspecified atom stereocenters. The van der Waals surface area contributed by atoms with Crippen LogP contribution in [-0.4, -0.2) is 30.5 Å². The predicted octanol–water partition coefficient (Wildman–Crippen LogP) is 5.01.